The molecule has 1 aliphatic carbocycles. The SMILES string of the molecule is CN[C@@H]1CC[C@@H](O)[C@@H]1O. The van der Waals surface area contributed by atoms with E-state index in [1.807, 2.05) is 0 Å². The average Bonchev–Trinajstić information content (AvgIpc) is 2.15. The third kappa shape index (κ3) is 1.23. The summed E-state index contributed by atoms with van der Waals surface area (Å²) in [6, 6.07) is 0.0972. The molecule has 0 unspecified atom stereocenters. The molecule has 0 saturated heterocycles. The fourth-order valence-corrected chi connectivity index (χ4v) is 1.28. The van der Waals surface area contributed by atoms with Gasteiger partial charge in [-0.2, -0.15) is 0 Å². The first-order valence-corrected chi connectivity index (χ1v) is 3.29. The molecule has 1 aliphatic rings. The molecule has 54 valence electrons. The van der Waals surface area contributed by atoms with Gasteiger partial charge >= 0.3 is 0 Å². The van der Waals surface area contributed by atoms with Crippen LogP contribution >= 0.6 is 0 Å². The summed E-state index contributed by atoms with van der Waals surface area (Å²) >= 11 is 0. The second-order valence-corrected chi connectivity index (χ2v) is 2.53. The Labute approximate surface area is 54.7 Å². The highest BCUT2D eigenvalue weighted by Gasteiger charge is 2.31. The van der Waals surface area contributed by atoms with Crippen molar-refractivity contribution in [2.45, 2.75) is 31.1 Å². The van der Waals surface area contributed by atoms with Crippen molar-refractivity contribution in [2.24, 2.45) is 0 Å². The number of hydrogen-bond acceptors (Lipinski definition) is 3. The molecule has 0 aromatic rings. The standard InChI is InChI=1S/C6H13NO2/c1-7-4-2-3-5(8)6(4)9/h4-9H,2-3H2,1H3/t4-,5-,6-/m1/s1. The van der Waals surface area contributed by atoms with Crippen LogP contribution in [0.15, 0.2) is 0 Å². The van der Waals surface area contributed by atoms with Gasteiger partial charge in [0.25, 0.3) is 0 Å². The molecular formula is C6H13NO2. The van der Waals surface area contributed by atoms with E-state index in [4.69, 9.17) is 10.2 Å². The predicted octanol–water partition coefficient (Wildman–Crippen LogP) is -0.910. The van der Waals surface area contributed by atoms with E-state index in [1.165, 1.54) is 0 Å². The van der Waals surface area contributed by atoms with Gasteiger partial charge < -0.3 is 15.5 Å². The Morgan fingerprint density at radius 1 is 1.33 bits per heavy atom. The maximum Gasteiger partial charge on any atom is 0.0951 e. The van der Waals surface area contributed by atoms with Crippen molar-refractivity contribution in [1.82, 2.24) is 5.32 Å². The maximum absolute atomic E-state index is 9.14. The van der Waals surface area contributed by atoms with Crippen molar-refractivity contribution < 1.29 is 10.2 Å². The molecule has 0 radical (unpaired) electrons. The molecule has 3 atom stereocenters. The highest BCUT2D eigenvalue weighted by molar-refractivity contribution is 4.88. The molecule has 3 N–H and O–H groups in total. The van der Waals surface area contributed by atoms with Gasteiger partial charge in [0.1, 0.15) is 0 Å². The van der Waals surface area contributed by atoms with E-state index in [0.29, 0.717) is 6.42 Å². The van der Waals surface area contributed by atoms with Crippen molar-refractivity contribution in [1.29, 1.82) is 0 Å². The van der Waals surface area contributed by atoms with Crippen LogP contribution in [-0.4, -0.2) is 35.5 Å². The zero-order chi connectivity index (χ0) is 6.85. The lowest BCUT2D eigenvalue weighted by molar-refractivity contribution is 0.0315. The van der Waals surface area contributed by atoms with Crippen LogP contribution < -0.4 is 5.32 Å². The first kappa shape index (κ1) is 6.99. The third-order valence-electron chi connectivity index (χ3n) is 1.95. The van der Waals surface area contributed by atoms with Gasteiger partial charge in [-0.05, 0) is 19.9 Å². The van der Waals surface area contributed by atoms with Crippen LogP contribution in [0.1, 0.15) is 12.8 Å². The number of aliphatic hydroxyl groups excluding tert-OH is 2. The van der Waals surface area contributed by atoms with Crippen LogP contribution in [0.25, 0.3) is 0 Å². The van der Waals surface area contributed by atoms with Crippen molar-refractivity contribution in [3.05, 3.63) is 0 Å². The van der Waals surface area contributed by atoms with E-state index in [-0.39, 0.29) is 6.04 Å². The van der Waals surface area contributed by atoms with Gasteiger partial charge in [0, 0.05) is 6.04 Å². The zero-order valence-corrected chi connectivity index (χ0v) is 5.54. The largest absolute Gasteiger partial charge is 0.390 e. The van der Waals surface area contributed by atoms with E-state index < -0.39 is 12.2 Å². The van der Waals surface area contributed by atoms with Crippen molar-refractivity contribution in [3.63, 3.8) is 0 Å². The van der Waals surface area contributed by atoms with Crippen LogP contribution in [-0.2, 0) is 0 Å². The molecule has 0 spiro atoms. The molecule has 1 fully saturated rings. The number of nitrogens with one attached hydrogen (secondary N) is 1. The molecule has 0 bridgehead atoms. The third-order valence-corrected chi connectivity index (χ3v) is 1.95. The van der Waals surface area contributed by atoms with Gasteiger partial charge in [-0.25, -0.2) is 0 Å². The Balaban J connectivity index is 2.41. The van der Waals surface area contributed by atoms with Gasteiger partial charge in [-0.3, -0.25) is 0 Å². The van der Waals surface area contributed by atoms with Gasteiger partial charge in [0.2, 0.25) is 0 Å². The van der Waals surface area contributed by atoms with Gasteiger partial charge in [0.15, 0.2) is 0 Å². The van der Waals surface area contributed by atoms with E-state index in [2.05, 4.69) is 5.32 Å². The Hall–Kier alpha value is -0.120. The lowest BCUT2D eigenvalue weighted by Gasteiger charge is -2.14. The molecule has 0 amide bonds. The molecule has 3 heteroatoms. The number of aliphatic hydroxyl groups is 2. The fraction of sp³-hybridized carbons (Fsp3) is 1.00. The van der Waals surface area contributed by atoms with E-state index in [9.17, 15) is 0 Å². The van der Waals surface area contributed by atoms with Gasteiger partial charge in [-0.15, -0.1) is 0 Å². The predicted molar refractivity (Wildman–Crippen MR) is 34.1 cm³/mol. The second-order valence-electron chi connectivity index (χ2n) is 2.53. The lowest BCUT2D eigenvalue weighted by Crippen LogP contribution is -2.37. The Kier molecular flexibility index (Phi) is 2.05. The monoisotopic (exact) mass is 131 g/mol. The zero-order valence-electron chi connectivity index (χ0n) is 5.54. The minimum absolute atomic E-state index is 0.0972. The average molecular weight is 131 g/mol. The lowest BCUT2D eigenvalue weighted by atomic mass is 10.2. The topological polar surface area (TPSA) is 52.5 Å². The summed E-state index contributed by atoms with van der Waals surface area (Å²) in [5, 5.41) is 21.1. The summed E-state index contributed by atoms with van der Waals surface area (Å²) < 4.78 is 0. The second kappa shape index (κ2) is 2.64. The highest BCUT2D eigenvalue weighted by Crippen LogP contribution is 2.18. The number of rotatable bonds is 1. The van der Waals surface area contributed by atoms with Crippen LogP contribution in [0.3, 0.4) is 0 Å². The minimum Gasteiger partial charge on any atom is -0.390 e. The summed E-state index contributed by atoms with van der Waals surface area (Å²) in [4.78, 5) is 0. The van der Waals surface area contributed by atoms with Crippen LogP contribution in [0.5, 0.6) is 0 Å². The molecule has 3 nitrogen and oxygen atoms in total. The van der Waals surface area contributed by atoms with Crippen molar-refractivity contribution >= 4 is 0 Å². The summed E-state index contributed by atoms with van der Waals surface area (Å²) in [5.74, 6) is 0. The molecule has 0 aromatic heterocycles. The fourth-order valence-electron chi connectivity index (χ4n) is 1.28. The Morgan fingerprint density at radius 3 is 2.22 bits per heavy atom. The minimum atomic E-state index is -0.560. The number of hydrogen-bond donors (Lipinski definition) is 3. The maximum atomic E-state index is 9.14. The first-order chi connectivity index (χ1) is 4.25. The smallest absolute Gasteiger partial charge is 0.0951 e. The molecule has 0 aliphatic heterocycles. The molecule has 0 heterocycles. The highest BCUT2D eigenvalue weighted by atomic mass is 16.3. The van der Waals surface area contributed by atoms with Crippen molar-refractivity contribution in [3.8, 4) is 0 Å². The van der Waals surface area contributed by atoms with E-state index in [1.54, 1.807) is 7.05 Å². The van der Waals surface area contributed by atoms with Crippen molar-refractivity contribution in [2.75, 3.05) is 7.05 Å². The van der Waals surface area contributed by atoms with Crippen LogP contribution in [0.2, 0.25) is 0 Å². The molecule has 9 heavy (non-hydrogen) atoms. The molecular weight excluding hydrogens is 118 g/mol. The van der Waals surface area contributed by atoms with Crippen LogP contribution in [0, 0.1) is 0 Å². The summed E-state index contributed by atoms with van der Waals surface area (Å²) in [6.07, 6.45) is 0.517. The quantitative estimate of drug-likeness (QED) is 0.432. The van der Waals surface area contributed by atoms with Gasteiger partial charge in [0.05, 0.1) is 12.2 Å². The Morgan fingerprint density at radius 2 is 2.00 bits per heavy atom. The molecule has 1 saturated carbocycles. The van der Waals surface area contributed by atoms with Crippen LogP contribution in [0.4, 0.5) is 0 Å². The molecule has 0 aromatic carbocycles. The van der Waals surface area contributed by atoms with E-state index in [0.717, 1.165) is 6.42 Å². The Bertz CT molecular complexity index is 97.1. The van der Waals surface area contributed by atoms with E-state index >= 15 is 0 Å². The molecule has 1 rings (SSSR count). The first-order valence-electron chi connectivity index (χ1n) is 3.29. The van der Waals surface area contributed by atoms with Gasteiger partial charge in [-0.1, -0.05) is 0 Å². The summed E-state index contributed by atoms with van der Waals surface area (Å²) in [7, 11) is 1.80. The number of likely N-dealkylation sites (N-methyl/N-ethyl adjacent to an activating group) is 1. The normalized spacial score (nSPS) is 43.7. The summed E-state index contributed by atoms with van der Waals surface area (Å²) in [5.41, 5.74) is 0. The summed E-state index contributed by atoms with van der Waals surface area (Å²) in [6.45, 7) is 0.